The molecular weight excluding hydrogens is 382 g/mol. The molecule has 1 fully saturated rings. The Balaban J connectivity index is 0.00000338. The highest BCUT2D eigenvalue weighted by atomic mass is 35.5. The highest BCUT2D eigenvalue weighted by Crippen LogP contribution is 2.41. The van der Waals surface area contributed by atoms with Gasteiger partial charge < -0.3 is 5.32 Å². The van der Waals surface area contributed by atoms with Crippen molar-refractivity contribution in [3.63, 3.8) is 0 Å². The van der Waals surface area contributed by atoms with Gasteiger partial charge in [0.2, 0.25) is 0 Å². The van der Waals surface area contributed by atoms with Crippen molar-refractivity contribution in [1.29, 1.82) is 0 Å². The Bertz CT molecular complexity index is 580. The first-order chi connectivity index (χ1) is 11.5. The minimum Gasteiger partial charge on any atom is -0.314 e. The highest BCUT2D eigenvalue weighted by molar-refractivity contribution is 5.85. The summed E-state index contributed by atoms with van der Waals surface area (Å²) in [4.78, 5) is 1.92. The van der Waals surface area contributed by atoms with Crippen molar-refractivity contribution in [2.75, 3.05) is 26.2 Å². The summed E-state index contributed by atoms with van der Waals surface area (Å²) in [5.74, 6) is 0.114. The predicted octanol–water partition coefficient (Wildman–Crippen LogP) is 5.14. The van der Waals surface area contributed by atoms with Gasteiger partial charge in [-0.3, -0.25) is 4.90 Å². The second-order valence-corrected chi connectivity index (χ2v) is 6.73. The summed E-state index contributed by atoms with van der Waals surface area (Å²) >= 11 is 0. The van der Waals surface area contributed by atoms with Gasteiger partial charge in [0.25, 0.3) is 0 Å². The van der Waals surface area contributed by atoms with Crippen molar-refractivity contribution in [3.8, 4) is 0 Å². The molecule has 150 valence electrons. The fourth-order valence-electron chi connectivity index (χ4n) is 3.18. The van der Waals surface area contributed by atoms with Crippen molar-refractivity contribution in [2.45, 2.75) is 38.7 Å². The van der Waals surface area contributed by atoms with Gasteiger partial charge in [-0.1, -0.05) is 19.9 Å². The van der Waals surface area contributed by atoms with Crippen LogP contribution in [0.2, 0.25) is 0 Å². The standard InChI is InChI=1S/C17H22F6N2.ClH/c1-11(2)9-15(25-7-5-24-6-8-25)13-4-3-12(16(18,19)20)10-14(13)17(21,22)23;/h3-4,10-11,15,24H,5-9H2,1-2H3;1H/t15-;/m1./s1. The van der Waals surface area contributed by atoms with Gasteiger partial charge in [0.15, 0.2) is 0 Å². The molecule has 0 aliphatic carbocycles. The average molecular weight is 405 g/mol. The van der Waals surface area contributed by atoms with E-state index in [9.17, 15) is 26.3 Å². The van der Waals surface area contributed by atoms with E-state index in [-0.39, 0.29) is 30.0 Å². The maximum absolute atomic E-state index is 13.5. The van der Waals surface area contributed by atoms with Gasteiger partial charge in [-0.25, -0.2) is 0 Å². The molecule has 1 atom stereocenters. The highest BCUT2D eigenvalue weighted by Gasteiger charge is 2.40. The molecule has 1 aliphatic rings. The van der Waals surface area contributed by atoms with E-state index in [1.54, 1.807) is 0 Å². The van der Waals surface area contributed by atoms with Crippen LogP contribution in [0.4, 0.5) is 26.3 Å². The van der Waals surface area contributed by atoms with Gasteiger partial charge in [0.05, 0.1) is 11.1 Å². The average Bonchev–Trinajstić information content (AvgIpc) is 2.51. The Morgan fingerprint density at radius 3 is 2.04 bits per heavy atom. The molecule has 2 rings (SSSR count). The van der Waals surface area contributed by atoms with Crippen LogP contribution in [0.1, 0.15) is 43.0 Å². The first-order valence-electron chi connectivity index (χ1n) is 8.23. The number of nitrogens with zero attached hydrogens (tertiary/aromatic N) is 1. The van der Waals surface area contributed by atoms with Crippen LogP contribution in [0.3, 0.4) is 0 Å². The predicted molar refractivity (Wildman–Crippen MR) is 90.3 cm³/mol. The molecule has 0 unspecified atom stereocenters. The van der Waals surface area contributed by atoms with E-state index in [1.165, 1.54) is 0 Å². The molecular formula is C17H23ClF6N2. The fourth-order valence-corrected chi connectivity index (χ4v) is 3.18. The zero-order valence-corrected chi connectivity index (χ0v) is 15.4. The summed E-state index contributed by atoms with van der Waals surface area (Å²) in [5.41, 5.74) is -2.53. The molecule has 0 amide bonds. The molecule has 9 heteroatoms. The Morgan fingerprint density at radius 2 is 1.58 bits per heavy atom. The number of halogens is 7. The van der Waals surface area contributed by atoms with E-state index >= 15 is 0 Å². The third kappa shape index (κ3) is 5.76. The Hall–Kier alpha value is -0.990. The van der Waals surface area contributed by atoms with Crippen molar-refractivity contribution >= 4 is 12.4 Å². The quantitative estimate of drug-likeness (QED) is 0.699. The maximum Gasteiger partial charge on any atom is 0.416 e. The monoisotopic (exact) mass is 404 g/mol. The zero-order chi connectivity index (χ0) is 18.8. The van der Waals surface area contributed by atoms with Crippen LogP contribution in [-0.4, -0.2) is 31.1 Å². The van der Waals surface area contributed by atoms with Crippen LogP contribution < -0.4 is 5.32 Å². The molecule has 1 aromatic carbocycles. The number of rotatable bonds is 4. The van der Waals surface area contributed by atoms with E-state index in [0.717, 1.165) is 12.1 Å². The second kappa shape index (κ2) is 8.80. The molecule has 0 spiro atoms. The topological polar surface area (TPSA) is 15.3 Å². The third-order valence-electron chi connectivity index (χ3n) is 4.33. The van der Waals surface area contributed by atoms with Crippen LogP contribution in [0, 0.1) is 5.92 Å². The number of hydrogen-bond donors (Lipinski definition) is 1. The van der Waals surface area contributed by atoms with Gasteiger partial charge in [0.1, 0.15) is 0 Å². The summed E-state index contributed by atoms with van der Waals surface area (Å²) in [6.07, 6.45) is -9.19. The van der Waals surface area contributed by atoms with Crippen LogP contribution in [0.5, 0.6) is 0 Å². The minimum atomic E-state index is -4.83. The molecule has 0 saturated carbocycles. The normalized spacial score (nSPS) is 17.9. The lowest BCUT2D eigenvalue weighted by atomic mass is 9.90. The van der Waals surface area contributed by atoms with Crippen LogP contribution in [-0.2, 0) is 12.4 Å². The molecule has 2 nitrogen and oxygen atoms in total. The maximum atomic E-state index is 13.5. The Morgan fingerprint density at radius 1 is 1.00 bits per heavy atom. The molecule has 1 saturated heterocycles. The molecule has 0 aromatic heterocycles. The number of benzene rings is 1. The van der Waals surface area contributed by atoms with Crippen LogP contribution >= 0.6 is 12.4 Å². The molecule has 1 aromatic rings. The number of nitrogens with one attached hydrogen (secondary N) is 1. The summed E-state index contributed by atoms with van der Waals surface area (Å²) in [6.45, 7) is 6.22. The van der Waals surface area contributed by atoms with Crippen molar-refractivity contribution in [3.05, 3.63) is 34.9 Å². The number of piperazine rings is 1. The Labute approximate surface area is 155 Å². The molecule has 0 bridgehead atoms. The van der Waals surface area contributed by atoms with E-state index in [4.69, 9.17) is 0 Å². The zero-order valence-electron chi connectivity index (χ0n) is 14.5. The van der Waals surface area contributed by atoms with Crippen molar-refractivity contribution < 1.29 is 26.3 Å². The number of hydrogen-bond acceptors (Lipinski definition) is 2. The van der Waals surface area contributed by atoms with Crippen LogP contribution in [0.25, 0.3) is 0 Å². The van der Waals surface area contributed by atoms with E-state index in [0.29, 0.717) is 32.6 Å². The third-order valence-corrected chi connectivity index (χ3v) is 4.33. The van der Waals surface area contributed by atoms with Gasteiger partial charge in [-0.15, -0.1) is 12.4 Å². The van der Waals surface area contributed by atoms with Gasteiger partial charge in [-0.05, 0) is 30.0 Å². The molecule has 1 heterocycles. The lowest BCUT2D eigenvalue weighted by Gasteiger charge is -2.37. The summed E-state index contributed by atoms with van der Waals surface area (Å²) < 4.78 is 79.1. The molecule has 1 aliphatic heterocycles. The largest absolute Gasteiger partial charge is 0.416 e. The molecule has 1 N–H and O–H groups in total. The van der Waals surface area contributed by atoms with Crippen LogP contribution in [0.15, 0.2) is 18.2 Å². The fraction of sp³-hybridized carbons (Fsp3) is 0.647. The smallest absolute Gasteiger partial charge is 0.314 e. The summed E-state index contributed by atoms with van der Waals surface area (Å²) in [7, 11) is 0. The first-order valence-corrected chi connectivity index (χ1v) is 8.23. The molecule has 0 radical (unpaired) electrons. The van der Waals surface area contributed by atoms with Crippen molar-refractivity contribution in [1.82, 2.24) is 10.2 Å². The van der Waals surface area contributed by atoms with Gasteiger partial charge >= 0.3 is 12.4 Å². The number of alkyl halides is 6. The first kappa shape index (κ1) is 23.0. The van der Waals surface area contributed by atoms with Gasteiger partial charge in [-0.2, -0.15) is 26.3 Å². The van der Waals surface area contributed by atoms with Gasteiger partial charge in [0, 0.05) is 32.2 Å². The summed E-state index contributed by atoms with van der Waals surface area (Å²) in [5, 5.41) is 3.14. The lowest BCUT2D eigenvalue weighted by Crippen LogP contribution is -2.45. The Kier molecular flexibility index (Phi) is 7.80. The van der Waals surface area contributed by atoms with E-state index in [2.05, 4.69) is 5.32 Å². The second-order valence-electron chi connectivity index (χ2n) is 6.73. The minimum absolute atomic E-state index is 0. The van der Waals surface area contributed by atoms with E-state index in [1.807, 2.05) is 18.7 Å². The SMILES string of the molecule is CC(C)C[C@H](c1ccc(C(F)(F)F)cc1C(F)(F)F)N1CCNCC1.Cl. The lowest BCUT2D eigenvalue weighted by molar-refractivity contribution is -0.143. The van der Waals surface area contributed by atoms with Crippen molar-refractivity contribution in [2.24, 2.45) is 5.92 Å². The van der Waals surface area contributed by atoms with E-state index < -0.39 is 29.5 Å². The molecule has 26 heavy (non-hydrogen) atoms. The summed E-state index contributed by atoms with van der Waals surface area (Å²) in [6, 6.07) is 1.44.